The number of nitrogens with one attached hydrogen (secondary N) is 1. The second-order valence-electron chi connectivity index (χ2n) is 5.18. The summed E-state index contributed by atoms with van der Waals surface area (Å²) in [5.74, 6) is 1.09. The molecular formula is C13H26N2O2. The van der Waals surface area contributed by atoms with Crippen LogP contribution in [0.15, 0.2) is 0 Å². The Kier molecular flexibility index (Phi) is 6.52. The molecule has 0 radical (unpaired) electrons. The second-order valence-corrected chi connectivity index (χ2v) is 5.18. The van der Waals surface area contributed by atoms with Crippen LogP contribution in [-0.4, -0.2) is 31.7 Å². The van der Waals surface area contributed by atoms with Gasteiger partial charge in [-0.25, -0.2) is 0 Å². The van der Waals surface area contributed by atoms with E-state index in [0.717, 1.165) is 32.4 Å². The van der Waals surface area contributed by atoms with Crippen LogP contribution in [0.5, 0.6) is 0 Å². The molecule has 1 aliphatic heterocycles. The molecule has 0 saturated carbocycles. The normalized spacial score (nSPS) is 24.9. The number of hydrogen-bond acceptors (Lipinski definition) is 3. The summed E-state index contributed by atoms with van der Waals surface area (Å²) < 4.78 is 5.79. The van der Waals surface area contributed by atoms with Gasteiger partial charge in [0.2, 0.25) is 5.91 Å². The minimum atomic E-state index is 0.114. The van der Waals surface area contributed by atoms with Crippen LogP contribution in [0.1, 0.15) is 39.5 Å². The SMILES string of the molecule is CC(C)C1OCCCC1CNC(=O)CCCN. The maximum Gasteiger partial charge on any atom is 0.220 e. The summed E-state index contributed by atoms with van der Waals surface area (Å²) >= 11 is 0. The highest BCUT2D eigenvalue weighted by Crippen LogP contribution is 2.25. The molecule has 1 saturated heterocycles. The van der Waals surface area contributed by atoms with Crippen molar-refractivity contribution in [2.24, 2.45) is 17.6 Å². The number of amides is 1. The molecule has 100 valence electrons. The fourth-order valence-electron chi connectivity index (χ4n) is 2.42. The van der Waals surface area contributed by atoms with Crippen molar-refractivity contribution in [1.82, 2.24) is 5.32 Å². The van der Waals surface area contributed by atoms with E-state index >= 15 is 0 Å². The molecule has 3 N–H and O–H groups in total. The van der Waals surface area contributed by atoms with Crippen LogP contribution in [0.25, 0.3) is 0 Å². The molecule has 17 heavy (non-hydrogen) atoms. The van der Waals surface area contributed by atoms with Crippen LogP contribution in [0.3, 0.4) is 0 Å². The maximum atomic E-state index is 11.5. The molecule has 4 nitrogen and oxygen atoms in total. The van der Waals surface area contributed by atoms with Gasteiger partial charge in [-0.3, -0.25) is 4.79 Å². The minimum absolute atomic E-state index is 0.114. The standard InChI is InChI=1S/C13H26N2O2/c1-10(2)13-11(5-4-8-17-13)9-15-12(16)6-3-7-14/h10-11,13H,3-9,14H2,1-2H3,(H,15,16). The van der Waals surface area contributed by atoms with Crippen LogP contribution in [0, 0.1) is 11.8 Å². The Balaban J connectivity index is 2.30. The van der Waals surface area contributed by atoms with Crippen molar-refractivity contribution in [2.45, 2.75) is 45.6 Å². The first kappa shape index (κ1) is 14.5. The highest BCUT2D eigenvalue weighted by molar-refractivity contribution is 5.75. The van der Waals surface area contributed by atoms with Crippen molar-refractivity contribution in [3.05, 3.63) is 0 Å². The number of rotatable bonds is 6. The van der Waals surface area contributed by atoms with E-state index in [1.54, 1.807) is 0 Å². The quantitative estimate of drug-likeness (QED) is 0.737. The van der Waals surface area contributed by atoms with Gasteiger partial charge in [-0.15, -0.1) is 0 Å². The highest BCUT2D eigenvalue weighted by atomic mass is 16.5. The Bertz CT molecular complexity index is 231. The molecule has 0 spiro atoms. The Hall–Kier alpha value is -0.610. The van der Waals surface area contributed by atoms with Gasteiger partial charge in [-0.2, -0.15) is 0 Å². The van der Waals surface area contributed by atoms with Gasteiger partial charge < -0.3 is 15.8 Å². The van der Waals surface area contributed by atoms with Gasteiger partial charge in [0.25, 0.3) is 0 Å². The summed E-state index contributed by atoms with van der Waals surface area (Å²) in [7, 11) is 0. The Morgan fingerprint density at radius 1 is 1.53 bits per heavy atom. The topological polar surface area (TPSA) is 64.3 Å². The van der Waals surface area contributed by atoms with E-state index in [2.05, 4.69) is 19.2 Å². The third kappa shape index (κ3) is 5.04. The molecule has 1 aliphatic rings. The lowest BCUT2D eigenvalue weighted by Gasteiger charge is -2.34. The smallest absolute Gasteiger partial charge is 0.220 e. The van der Waals surface area contributed by atoms with Crippen molar-refractivity contribution in [1.29, 1.82) is 0 Å². The van der Waals surface area contributed by atoms with Gasteiger partial charge in [0.1, 0.15) is 0 Å². The second kappa shape index (κ2) is 7.67. The van der Waals surface area contributed by atoms with E-state index in [0.29, 0.717) is 30.9 Å². The zero-order chi connectivity index (χ0) is 12.7. The molecule has 0 bridgehead atoms. The van der Waals surface area contributed by atoms with Gasteiger partial charge in [-0.1, -0.05) is 13.8 Å². The third-order valence-electron chi connectivity index (χ3n) is 3.32. The molecule has 0 aromatic rings. The van der Waals surface area contributed by atoms with E-state index in [9.17, 15) is 4.79 Å². The molecule has 1 fully saturated rings. The zero-order valence-electron chi connectivity index (χ0n) is 11.1. The molecule has 4 heteroatoms. The summed E-state index contributed by atoms with van der Waals surface area (Å²) in [6, 6.07) is 0. The van der Waals surface area contributed by atoms with Gasteiger partial charge in [0.15, 0.2) is 0 Å². The van der Waals surface area contributed by atoms with Crippen LogP contribution >= 0.6 is 0 Å². The van der Waals surface area contributed by atoms with Crippen LogP contribution in [-0.2, 0) is 9.53 Å². The number of hydrogen-bond donors (Lipinski definition) is 2. The lowest BCUT2D eigenvalue weighted by molar-refractivity contribution is -0.122. The molecule has 1 amide bonds. The average Bonchev–Trinajstić information content (AvgIpc) is 2.34. The van der Waals surface area contributed by atoms with Gasteiger partial charge in [0.05, 0.1) is 6.10 Å². The first-order valence-corrected chi connectivity index (χ1v) is 6.73. The van der Waals surface area contributed by atoms with Crippen LogP contribution < -0.4 is 11.1 Å². The number of ether oxygens (including phenoxy) is 1. The Morgan fingerprint density at radius 2 is 2.29 bits per heavy atom. The Labute approximate surface area is 104 Å². The van der Waals surface area contributed by atoms with E-state index in [4.69, 9.17) is 10.5 Å². The van der Waals surface area contributed by atoms with Crippen molar-refractivity contribution in [2.75, 3.05) is 19.7 Å². The predicted molar refractivity (Wildman–Crippen MR) is 68.6 cm³/mol. The first-order valence-electron chi connectivity index (χ1n) is 6.73. The maximum absolute atomic E-state index is 11.5. The van der Waals surface area contributed by atoms with E-state index in [1.165, 1.54) is 0 Å². The summed E-state index contributed by atoms with van der Waals surface area (Å²) in [5.41, 5.74) is 5.38. The predicted octanol–water partition coefficient (Wildman–Crippen LogP) is 1.29. The zero-order valence-corrected chi connectivity index (χ0v) is 11.1. The van der Waals surface area contributed by atoms with Crippen molar-refractivity contribution < 1.29 is 9.53 Å². The lowest BCUT2D eigenvalue weighted by atomic mass is 9.87. The first-order chi connectivity index (χ1) is 8.15. The van der Waals surface area contributed by atoms with Gasteiger partial charge in [0, 0.05) is 25.5 Å². The van der Waals surface area contributed by atoms with E-state index in [1.807, 2.05) is 0 Å². The summed E-state index contributed by atoms with van der Waals surface area (Å²) in [6.45, 7) is 6.54. The van der Waals surface area contributed by atoms with E-state index in [-0.39, 0.29) is 5.91 Å². The molecule has 2 atom stereocenters. The molecule has 0 aromatic heterocycles. The third-order valence-corrected chi connectivity index (χ3v) is 3.32. The number of carbonyl (C=O) groups is 1. The molecule has 1 heterocycles. The van der Waals surface area contributed by atoms with Gasteiger partial charge >= 0.3 is 0 Å². The monoisotopic (exact) mass is 242 g/mol. The molecular weight excluding hydrogens is 216 g/mol. The van der Waals surface area contributed by atoms with Crippen molar-refractivity contribution in [3.8, 4) is 0 Å². The summed E-state index contributed by atoms with van der Waals surface area (Å²) in [6.07, 6.45) is 3.85. The lowest BCUT2D eigenvalue weighted by Crippen LogP contribution is -2.41. The summed E-state index contributed by atoms with van der Waals surface area (Å²) in [4.78, 5) is 11.5. The number of nitrogens with two attached hydrogens (primary N) is 1. The Morgan fingerprint density at radius 3 is 2.94 bits per heavy atom. The average molecular weight is 242 g/mol. The fraction of sp³-hybridized carbons (Fsp3) is 0.923. The highest BCUT2D eigenvalue weighted by Gasteiger charge is 2.28. The minimum Gasteiger partial charge on any atom is -0.378 e. The van der Waals surface area contributed by atoms with E-state index < -0.39 is 0 Å². The van der Waals surface area contributed by atoms with Gasteiger partial charge in [-0.05, 0) is 31.7 Å². The number of carbonyl (C=O) groups excluding carboxylic acids is 1. The molecule has 0 aliphatic carbocycles. The van der Waals surface area contributed by atoms with Crippen molar-refractivity contribution in [3.63, 3.8) is 0 Å². The van der Waals surface area contributed by atoms with Crippen LogP contribution in [0.2, 0.25) is 0 Å². The van der Waals surface area contributed by atoms with Crippen molar-refractivity contribution >= 4 is 5.91 Å². The summed E-state index contributed by atoms with van der Waals surface area (Å²) in [5, 5.41) is 3.00. The molecule has 2 unspecified atom stereocenters. The fourth-order valence-corrected chi connectivity index (χ4v) is 2.42. The molecule has 0 aromatic carbocycles. The molecule has 1 rings (SSSR count). The van der Waals surface area contributed by atoms with Crippen LogP contribution in [0.4, 0.5) is 0 Å². The largest absolute Gasteiger partial charge is 0.378 e.